The van der Waals surface area contributed by atoms with E-state index in [2.05, 4.69) is 10.3 Å². The summed E-state index contributed by atoms with van der Waals surface area (Å²) in [7, 11) is 0. The van der Waals surface area contributed by atoms with Crippen LogP contribution < -0.4 is 10.1 Å². The predicted molar refractivity (Wildman–Crippen MR) is 105 cm³/mol. The number of hydrogen-bond acceptors (Lipinski definition) is 6. The molecule has 0 unspecified atom stereocenters. The first-order valence-electron chi connectivity index (χ1n) is 7.83. The number of aromatic nitrogens is 1. The van der Waals surface area contributed by atoms with Gasteiger partial charge in [0, 0.05) is 10.6 Å². The molecular formula is C18H13ClN2O3S2. The average molecular weight is 405 g/mol. The molecule has 5 nitrogen and oxygen atoms in total. The van der Waals surface area contributed by atoms with E-state index in [1.807, 2.05) is 25.1 Å². The van der Waals surface area contributed by atoms with Crippen molar-refractivity contribution >= 4 is 62.3 Å². The molecule has 1 aliphatic heterocycles. The SMILES string of the molecule is C[C@@H](Sc1nc2cc(Cl)ccc2s1)C(=O)c1ccc2c(c1)NC(=O)CO2. The third-order valence-corrected chi connectivity index (χ3v) is 6.34. The van der Waals surface area contributed by atoms with Crippen LogP contribution in [0.15, 0.2) is 40.7 Å². The minimum Gasteiger partial charge on any atom is -0.482 e. The van der Waals surface area contributed by atoms with Crippen molar-refractivity contribution in [1.29, 1.82) is 0 Å². The Hall–Kier alpha value is -2.09. The van der Waals surface area contributed by atoms with Crippen LogP contribution in [0.5, 0.6) is 5.75 Å². The van der Waals surface area contributed by atoms with Crippen LogP contribution in [0.1, 0.15) is 17.3 Å². The van der Waals surface area contributed by atoms with E-state index >= 15 is 0 Å². The van der Waals surface area contributed by atoms with Crippen molar-refractivity contribution in [2.24, 2.45) is 0 Å². The fraction of sp³-hybridized carbons (Fsp3) is 0.167. The number of ketones is 1. The molecule has 1 aliphatic rings. The number of rotatable bonds is 4. The monoisotopic (exact) mass is 404 g/mol. The molecule has 4 rings (SSSR count). The molecule has 0 saturated heterocycles. The van der Waals surface area contributed by atoms with Gasteiger partial charge >= 0.3 is 0 Å². The van der Waals surface area contributed by atoms with Crippen molar-refractivity contribution < 1.29 is 14.3 Å². The number of thiazole rings is 1. The topological polar surface area (TPSA) is 68.3 Å². The summed E-state index contributed by atoms with van der Waals surface area (Å²) in [6, 6.07) is 10.7. The summed E-state index contributed by atoms with van der Waals surface area (Å²) in [4.78, 5) is 28.8. The molecule has 0 saturated carbocycles. The first kappa shape index (κ1) is 17.3. The summed E-state index contributed by atoms with van der Waals surface area (Å²) in [6.45, 7) is 1.84. The zero-order valence-corrected chi connectivity index (χ0v) is 16.0. The maximum atomic E-state index is 12.8. The van der Waals surface area contributed by atoms with Gasteiger partial charge in [0.05, 0.1) is 21.2 Å². The van der Waals surface area contributed by atoms with E-state index in [0.29, 0.717) is 22.0 Å². The highest BCUT2D eigenvalue weighted by Gasteiger charge is 2.22. The van der Waals surface area contributed by atoms with Gasteiger partial charge in [-0.1, -0.05) is 23.4 Å². The van der Waals surface area contributed by atoms with Crippen molar-refractivity contribution in [3.63, 3.8) is 0 Å². The Bertz CT molecular complexity index is 1030. The normalized spacial score (nSPS) is 14.5. The second kappa shape index (κ2) is 6.90. The Balaban J connectivity index is 1.53. The Morgan fingerprint density at radius 3 is 3.04 bits per heavy atom. The van der Waals surface area contributed by atoms with Gasteiger partial charge in [0.1, 0.15) is 5.75 Å². The molecule has 132 valence electrons. The molecule has 0 fully saturated rings. The van der Waals surface area contributed by atoms with Crippen LogP contribution >= 0.6 is 34.7 Å². The smallest absolute Gasteiger partial charge is 0.262 e. The van der Waals surface area contributed by atoms with Gasteiger partial charge in [0.15, 0.2) is 16.7 Å². The summed E-state index contributed by atoms with van der Waals surface area (Å²) in [6.07, 6.45) is 0. The summed E-state index contributed by atoms with van der Waals surface area (Å²) in [5, 5.41) is 3.05. The number of amides is 1. The number of hydrogen-bond donors (Lipinski definition) is 1. The Labute approximate surface area is 162 Å². The van der Waals surface area contributed by atoms with E-state index in [-0.39, 0.29) is 23.5 Å². The predicted octanol–water partition coefficient (Wildman–Crippen LogP) is 4.64. The fourth-order valence-corrected chi connectivity index (χ4v) is 5.04. The van der Waals surface area contributed by atoms with Crippen molar-refractivity contribution in [2.75, 3.05) is 11.9 Å². The molecule has 1 amide bonds. The largest absolute Gasteiger partial charge is 0.482 e. The number of anilines is 1. The molecule has 1 aromatic heterocycles. The van der Waals surface area contributed by atoms with Gasteiger partial charge in [-0.2, -0.15) is 0 Å². The van der Waals surface area contributed by atoms with Crippen LogP contribution in [0.3, 0.4) is 0 Å². The van der Waals surface area contributed by atoms with E-state index in [1.165, 1.54) is 23.1 Å². The molecule has 26 heavy (non-hydrogen) atoms. The number of thioether (sulfide) groups is 1. The van der Waals surface area contributed by atoms with Gasteiger partial charge in [0.25, 0.3) is 5.91 Å². The molecule has 2 aromatic carbocycles. The Morgan fingerprint density at radius 2 is 2.19 bits per heavy atom. The molecule has 8 heteroatoms. The Morgan fingerprint density at radius 1 is 1.35 bits per heavy atom. The van der Waals surface area contributed by atoms with Crippen LogP contribution in [0.2, 0.25) is 5.02 Å². The molecule has 2 heterocycles. The lowest BCUT2D eigenvalue weighted by molar-refractivity contribution is -0.118. The number of nitrogens with zero attached hydrogens (tertiary/aromatic N) is 1. The number of benzene rings is 2. The molecule has 1 atom stereocenters. The number of fused-ring (bicyclic) bond motifs is 2. The third-order valence-electron chi connectivity index (χ3n) is 3.87. The van der Waals surface area contributed by atoms with E-state index < -0.39 is 0 Å². The van der Waals surface area contributed by atoms with Gasteiger partial charge in [-0.15, -0.1) is 11.3 Å². The molecule has 3 aromatic rings. The third kappa shape index (κ3) is 3.42. The highest BCUT2D eigenvalue weighted by Crippen LogP contribution is 2.35. The maximum Gasteiger partial charge on any atom is 0.262 e. The first-order chi connectivity index (χ1) is 12.5. The highest BCUT2D eigenvalue weighted by atomic mass is 35.5. The quantitative estimate of drug-likeness (QED) is 0.506. The number of carbonyl (C=O) groups is 2. The van der Waals surface area contributed by atoms with Gasteiger partial charge in [-0.05, 0) is 43.3 Å². The van der Waals surface area contributed by atoms with Crippen LogP contribution in [0.25, 0.3) is 10.2 Å². The average Bonchev–Trinajstić information content (AvgIpc) is 3.01. The lowest BCUT2D eigenvalue weighted by Gasteiger charge is -2.18. The summed E-state index contributed by atoms with van der Waals surface area (Å²) >= 11 is 8.94. The van der Waals surface area contributed by atoms with Gasteiger partial charge in [0.2, 0.25) is 0 Å². The van der Waals surface area contributed by atoms with E-state index in [9.17, 15) is 9.59 Å². The van der Waals surface area contributed by atoms with Crippen molar-refractivity contribution in [3.05, 3.63) is 47.0 Å². The van der Waals surface area contributed by atoms with E-state index in [4.69, 9.17) is 16.3 Å². The number of nitrogens with one attached hydrogen (secondary N) is 1. The number of halogens is 1. The maximum absolute atomic E-state index is 12.8. The number of Topliss-reactive ketones (excluding diaryl/α,β-unsaturated/α-hetero) is 1. The van der Waals surface area contributed by atoms with Crippen LogP contribution in [-0.2, 0) is 4.79 Å². The summed E-state index contributed by atoms with van der Waals surface area (Å²) in [5.74, 6) is 0.317. The molecule has 0 bridgehead atoms. The van der Waals surface area contributed by atoms with E-state index in [0.717, 1.165) is 14.6 Å². The number of ether oxygens (including phenoxy) is 1. The van der Waals surface area contributed by atoms with Crippen LogP contribution in [0.4, 0.5) is 5.69 Å². The van der Waals surface area contributed by atoms with Gasteiger partial charge < -0.3 is 10.1 Å². The Kier molecular flexibility index (Phi) is 4.60. The number of carbonyl (C=O) groups excluding carboxylic acids is 2. The lowest BCUT2D eigenvalue weighted by Crippen LogP contribution is -2.25. The van der Waals surface area contributed by atoms with Crippen LogP contribution in [0, 0.1) is 0 Å². The second-order valence-corrected chi connectivity index (χ2v) is 8.82. The molecule has 1 N–H and O–H groups in total. The molecular weight excluding hydrogens is 392 g/mol. The van der Waals surface area contributed by atoms with E-state index in [1.54, 1.807) is 18.2 Å². The van der Waals surface area contributed by atoms with Gasteiger partial charge in [-0.3, -0.25) is 9.59 Å². The molecule has 0 aliphatic carbocycles. The van der Waals surface area contributed by atoms with Crippen molar-refractivity contribution in [2.45, 2.75) is 16.5 Å². The van der Waals surface area contributed by atoms with Gasteiger partial charge in [-0.25, -0.2) is 4.98 Å². The van der Waals surface area contributed by atoms with Crippen molar-refractivity contribution in [1.82, 2.24) is 4.98 Å². The standard InChI is InChI=1S/C18H13ClN2O3S2/c1-9(25-18-21-13-7-11(19)3-5-15(13)26-18)17(23)10-2-4-14-12(6-10)20-16(22)8-24-14/h2-7,9H,8H2,1H3,(H,20,22)/t9-/m1/s1. The molecule has 0 radical (unpaired) electrons. The summed E-state index contributed by atoms with van der Waals surface area (Å²) < 4.78 is 7.17. The lowest BCUT2D eigenvalue weighted by atomic mass is 10.1. The minimum atomic E-state index is -0.315. The zero-order valence-electron chi connectivity index (χ0n) is 13.6. The second-order valence-electron chi connectivity index (χ2n) is 5.76. The van der Waals surface area contributed by atoms with Crippen molar-refractivity contribution in [3.8, 4) is 5.75 Å². The molecule has 0 spiro atoms. The minimum absolute atomic E-state index is 0.00578. The fourth-order valence-electron chi connectivity index (χ4n) is 2.61. The summed E-state index contributed by atoms with van der Waals surface area (Å²) in [5.41, 5.74) is 1.89. The first-order valence-corrected chi connectivity index (χ1v) is 9.91. The highest BCUT2D eigenvalue weighted by molar-refractivity contribution is 8.02. The zero-order chi connectivity index (χ0) is 18.3. The van der Waals surface area contributed by atoms with Crippen LogP contribution in [-0.4, -0.2) is 28.5 Å².